The van der Waals surface area contributed by atoms with Crippen molar-refractivity contribution in [3.05, 3.63) is 18.5 Å². The Labute approximate surface area is 59.9 Å². The fourth-order valence-corrected chi connectivity index (χ4v) is 0.655. The molecule has 0 amide bonds. The zero-order valence-corrected chi connectivity index (χ0v) is 6.20. The monoisotopic (exact) mass is 139 g/mol. The summed E-state index contributed by atoms with van der Waals surface area (Å²) in [6.45, 7) is 0.786. The first kappa shape index (κ1) is 7.08. The first-order valence-electron chi connectivity index (χ1n) is 3.11. The van der Waals surface area contributed by atoms with Gasteiger partial charge in [0.2, 0.25) is 12.7 Å². The molecule has 4 heteroatoms. The number of aromatic nitrogens is 3. The molecule has 1 rings (SSSR count). The largest absolute Gasteiger partial charge is 0.300 e. The highest BCUT2D eigenvalue weighted by Crippen LogP contribution is 1.87. The van der Waals surface area contributed by atoms with Crippen LogP contribution in [0.4, 0.5) is 0 Å². The Balaban J connectivity index is 2.59. The third-order valence-electron chi connectivity index (χ3n) is 1.03. The standard InChI is InChI=1S/C6H10N4/c1-10(2)3-6-8-4-7-5-9-6/h4-5H,3H2,1-2H3/p+1. The van der Waals surface area contributed by atoms with Gasteiger partial charge in [0.05, 0.1) is 6.54 Å². The Bertz CT molecular complexity index is 184. The van der Waals surface area contributed by atoms with Crippen LogP contribution < -0.4 is 4.98 Å². The van der Waals surface area contributed by atoms with Crippen LogP contribution in [-0.4, -0.2) is 29.0 Å². The average Bonchev–Trinajstić information content (AvgIpc) is 1.88. The van der Waals surface area contributed by atoms with Crippen LogP contribution in [0.3, 0.4) is 0 Å². The van der Waals surface area contributed by atoms with E-state index in [1.54, 1.807) is 12.7 Å². The van der Waals surface area contributed by atoms with E-state index in [1.165, 1.54) is 0 Å². The molecule has 0 aliphatic rings. The van der Waals surface area contributed by atoms with E-state index in [0.717, 1.165) is 12.4 Å². The van der Waals surface area contributed by atoms with Crippen LogP contribution in [0.15, 0.2) is 12.7 Å². The van der Waals surface area contributed by atoms with E-state index in [4.69, 9.17) is 0 Å². The molecule has 0 aromatic carbocycles. The van der Waals surface area contributed by atoms with Gasteiger partial charge in [0.25, 0.3) is 5.82 Å². The van der Waals surface area contributed by atoms with Crippen LogP contribution in [0.2, 0.25) is 0 Å². The molecule has 1 aromatic heterocycles. The highest BCUT2D eigenvalue weighted by molar-refractivity contribution is 4.76. The van der Waals surface area contributed by atoms with E-state index in [0.29, 0.717) is 0 Å². The number of nitrogens with zero attached hydrogens (tertiary/aromatic N) is 3. The molecule has 0 unspecified atom stereocenters. The van der Waals surface area contributed by atoms with Crippen molar-refractivity contribution >= 4 is 0 Å². The molecule has 0 spiro atoms. The minimum Gasteiger partial charge on any atom is -0.300 e. The van der Waals surface area contributed by atoms with Gasteiger partial charge in [-0.15, -0.1) is 0 Å². The minimum absolute atomic E-state index is 0.786. The molecule has 0 aliphatic carbocycles. The third kappa shape index (κ3) is 2.06. The topological polar surface area (TPSA) is 43.2 Å². The lowest BCUT2D eigenvalue weighted by Crippen LogP contribution is -2.15. The Morgan fingerprint density at radius 2 is 2.00 bits per heavy atom. The van der Waals surface area contributed by atoms with E-state index < -0.39 is 0 Å². The number of aromatic amines is 1. The van der Waals surface area contributed by atoms with Crippen LogP contribution in [0.5, 0.6) is 0 Å². The molecule has 0 radical (unpaired) electrons. The van der Waals surface area contributed by atoms with Gasteiger partial charge in [-0.3, -0.25) is 9.88 Å². The minimum atomic E-state index is 0.786. The van der Waals surface area contributed by atoms with Crippen molar-refractivity contribution in [2.45, 2.75) is 6.54 Å². The van der Waals surface area contributed by atoms with Crippen LogP contribution in [0.1, 0.15) is 5.82 Å². The maximum atomic E-state index is 4.01. The van der Waals surface area contributed by atoms with E-state index in [1.807, 2.05) is 19.0 Å². The van der Waals surface area contributed by atoms with Gasteiger partial charge in [-0.2, -0.15) is 0 Å². The molecule has 0 atom stereocenters. The molecule has 1 aromatic rings. The number of rotatable bonds is 2. The van der Waals surface area contributed by atoms with Gasteiger partial charge < -0.3 is 0 Å². The fourth-order valence-electron chi connectivity index (χ4n) is 0.655. The zero-order valence-electron chi connectivity index (χ0n) is 6.20. The summed E-state index contributed by atoms with van der Waals surface area (Å²) < 4.78 is 0. The van der Waals surface area contributed by atoms with Crippen LogP contribution in [0, 0.1) is 0 Å². The summed E-state index contributed by atoms with van der Waals surface area (Å²) in [7, 11) is 3.97. The molecule has 1 N–H and O–H groups in total. The maximum absolute atomic E-state index is 4.01. The Kier molecular flexibility index (Phi) is 2.28. The van der Waals surface area contributed by atoms with E-state index in [-0.39, 0.29) is 0 Å². The summed E-state index contributed by atoms with van der Waals surface area (Å²) in [5, 5.41) is 0. The molecule has 1 heterocycles. The van der Waals surface area contributed by atoms with E-state index >= 15 is 0 Å². The molecule has 0 bridgehead atoms. The highest BCUT2D eigenvalue weighted by atomic mass is 15.1. The second-order valence-electron chi connectivity index (χ2n) is 2.34. The molecule has 0 saturated carbocycles. The number of nitrogens with one attached hydrogen (secondary N) is 1. The number of hydrogen-bond donors (Lipinski definition) is 0. The third-order valence-corrected chi connectivity index (χ3v) is 1.03. The second-order valence-corrected chi connectivity index (χ2v) is 2.34. The van der Waals surface area contributed by atoms with Gasteiger partial charge >= 0.3 is 0 Å². The van der Waals surface area contributed by atoms with Crippen molar-refractivity contribution in [1.82, 2.24) is 14.9 Å². The van der Waals surface area contributed by atoms with Gasteiger partial charge in [0.1, 0.15) is 0 Å². The molecule has 0 saturated heterocycles. The molecule has 0 fully saturated rings. The first-order valence-corrected chi connectivity index (χ1v) is 3.11. The number of H-pyrrole nitrogens is 1. The summed E-state index contributed by atoms with van der Waals surface area (Å²) in [6, 6.07) is 0. The molecule has 10 heavy (non-hydrogen) atoms. The van der Waals surface area contributed by atoms with Crippen molar-refractivity contribution in [3.8, 4) is 0 Å². The molecule has 54 valence electrons. The summed E-state index contributed by atoms with van der Waals surface area (Å²) in [5.41, 5.74) is 0. The Morgan fingerprint density at radius 1 is 1.40 bits per heavy atom. The quantitative estimate of drug-likeness (QED) is 0.547. The van der Waals surface area contributed by atoms with Crippen molar-refractivity contribution < 1.29 is 4.98 Å². The van der Waals surface area contributed by atoms with Crippen molar-refractivity contribution in [2.75, 3.05) is 14.1 Å². The zero-order chi connectivity index (χ0) is 7.40. The van der Waals surface area contributed by atoms with Gasteiger partial charge in [0.15, 0.2) is 0 Å². The SMILES string of the molecule is CN(C)Cc1nc[nH+]cn1. The highest BCUT2D eigenvalue weighted by Gasteiger charge is 2.02. The molecular formula is C6H11N4+. The summed E-state index contributed by atoms with van der Waals surface area (Å²) in [4.78, 5) is 12.8. The predicted octanol–water partition coefficient (Wildman–Crippen LogP) is -0.648. The maximum Gasteiger partial charge on any atom is 0.289 e. The smallest absolute Gasteiger partial charge is 0.289 e. The van der Waals surface area contributed by atoms with Gasteiger partial charge in [-0.1, -0.05) is 9.97 Å². The van der Waals surface area contributed by atoms with Gasteiger partial charge in [-0.05, 0) is 14.1 Å². The average molecular weight is 139 g/mol. The summed E-state index contributed by atoms with van der Waals surface area (Å²) in [6.07, 6.45) is 3.26. The molecule has 4 nitrogen and oxygen atoms in total. The summed E-state index contributed by atoms with van der Waals surface area (Å²) >= 11 is 0. The second kappa shape index (κ2) is 3.22. The Morgan fingerprint density at radius 3 is 2.50 bits per heavy atom. The Hall–Kier alpha value is -1.03. The lowest BCUT2D eigenvalue weighted by atomic mass is 10.5. The van der Waals surface area contributed by atoms with Crippen molar-refractivity contribution in [3.63, 3.8) is 0 Å². The lowest BCUT2D eigenvalue weighted by Gasteiger charge is -2.01. The fraction of sp³-hybridized carbons (Fsp3) is 0.500. The lowest BCUT2D eigenvalue weighted by molar-refractivity contribution is -0.388. The predicted molar refractivity (Wildman–Crippen MR) is 36.0 cm³/mol. The molecular weight excluding hydrogens is 128 g/mol. The van der Waals surface area contributed by atoms with Gasteiger partial charge in [0, 0.05) is 0 Å². The van der Waals surface area contributed by atoms with Crippen molar-refractivity contribution in [1.29, 1.82) is 0 Å². The number of hydrogen-bond acceptors (Lipinski definition) is 3. The van der Waals surface area contributed by atoms with E-state index in [9.17, 15) is 0 Å². The summed E-state index contributed by atoms with van der Waals surface area (Å²) in [5.74, 6) is 0.837. The van der Waals surface area contributed by atoms with Crippen LogP contribution in [-0.2, 0) is 6.54 Å². The van der Waals surface area contributed by atoms with Gasteiger partial charge in [-0.25, -0.2) is 0 Å². The van der Waals surface area contributed by atoms with Crippen LogP contribution >= 0.6 is 0 Å². The van der Waals surface area contributed by atoms with Crippen LogP contribution in [0.25, 0.3) is 0 Å². The van der Waals surface area contributed by atoms with Crippen molar-refractivity contribution in [2.24, 2.45) is 0 Å². The normalized spacial score (nSPS) is 10.3. The van der Waals surface area contributed by atoms with E-state index in [2.05, 4.69) is 15.0 Å². The molecule has 0 aliphatic heterocycles. The first-order chi connectivity index (χ1) is 4.79.